The van der Waals surface area contributed by atoms with Gasteiger partial charge in [0.15, 0.2) is 5.69 Å². The second-order valence-electron chi connectivity index (χ2n) is 11.7. The molecule has 0 radical (unpaired) electrons. The highest BCUT2D eigenvalue weighted by molar-refractivity contribution is 5.98. The number of hydrogen-bond acceptors (Lipinski definition) is 5. The molecule has 1 fully saturated rings. The van der Waals surface area contributed by atoms with Crippen molar-refractivity contribution < 1.29 is 27.9 Å². The number of alkyl halides is 3. The molecule has 0 bridgehead atoms. The van der Waals surface area contributed by atoms with Gasteiger partial charge in [-0.2, -0.15) is 18.3 Å². The Morgan fingerprint density at radius 2 is 1.77 bits per heavy atom. The molecule has 2 amide bonds. The molecule has 11 heteroatoms. The van der Waals surface area contributed by atoms with Crippen molar-refractivity contribution in [1.82, 2.24) is 25.3 Å². The van der Waals surface area contributed by atoms with E-state index in [0.29, 0.717) is 36.7 Å². The number of rotatable bonds is 12. The number of piperidine rings is 1. The van der Waals surface area contributed by atoms with Crippen LogP contribution in [0.1, 0.15) is 77.7 Å². The molecular formula is C33H42F3N5O3. The lowest BCUT2D eigenvalue weighted by Gasteiger charge is -2.38. The molecule has 1 unspecified atom stereocenters. The number of carbonyl (C=O) groups is 2. The average molecular weight is 614 g/mol. The van der Waals surface area contributed by atoms with Crippen molar-refractivity contribution in [2.45, 2.75) is 83.9 Å². The van der Waals surface area contributed by atoms with Gasteiger partial charge in [0.2, 0.25) is 0 Å². The number of likely N-dealkylation sites (tertiary alicyclic amines) is 1. The van der Waals surface area contributed by atoms with Gasteiger partial charge in [0.25, 0.3) is 11.8 Å². The molecule has 1 aromatic heterocycles. The molecule has 8 nitrogen and oxygen atoms in total. The lowest BCUT2D eigenvalue weighted by atomic mass is 9.92. The molecule has 3 aromatic rings. The maximum atomic E-state index is 13.6. The zero-order chi connectivity index (χ0) is 31.9. The summed E-state index contributed by atoms with van der Waals surface area (Å²) in [4.78, 5) is 29.0. The molecule has 3 N–H and O–H groups in total. The topological polar surface area (TPSA) is 99.5 Å². The summed E-state index contributed by atoms with van der Waals surface area (Å²) >= 11 is 0. The summed E-state index contributed by atoms with van der Waals surface area (Å²) in [5, 5.41) is 21.5. The molecule has 1 aliphatic rings. The highest BCUT2D eigenvalue weighted by atomic mass is 19.4. The Balaban J connectivity index is 1.48. The standard InChI is InChI=1S/C33H42F3N5O3/c1-4-41-29(32(44)40-16-9-8-15-28(40)22(2)3)19-27(39-41)31(43)38-26(18-23-11-6-5-7-12-23)30(42)21-37-20-24-13-10-14-25(17-24)33(34,35)36/h5-7,10-14,17,19,22,26,28,30,37,42H,4,8-9,15-16,18,20-21H2,1-3H3,(H,38,43)/t26-,28?,30+/m0/s1. The lowest BCUT2D eigenvalue weighted by molar-refractivity contribution is -0.137. The molecule has 1 saturated heterocycles. The average Bonchev–Trinajstić information content (AvgIpc) is 3.45. The van der Waals surface area contributed by atoms with E-state index < -0.39 is 29.8 Å². The van der Waals surface area contributed by atoms with Crippen LogP contribution in [-0.2, 0) is 25.7 Å². The number of nitrogens with one attached hydrogen (secondary N) is 2. The third-order valence-electron chi connectivity index (χ3n) is 8.13. The molecule has 3 atom stereocenters. The predicted octanol–water partition coefficient (Wildman–Crippen LogP) is 5.06. The van der Waals surface area contributed by atoms with Gasteiger partial charge in [-0.1, -0.05) is 62.4 Å². The molecule has 4 rings (SSSR count). The van der Waals surface area contributed by atoms with Gasteiger partial charge in [0.1, 0.15) is 5.69 Å². The first-order valence-corrected chi connectivity index (χ1v) is 15.3. The highest BCUT2D eigenvalue weighted by Gasteiger charge is 2.33. The fourth-order valence-electron chi connectivity index (χ4n) is 5.75. The molecule has 0 spiro atoms. The normalized spacial score (nSPS) is 17.0. The lowest BCUT2D eigenvalue weighted by Crippen LogP contribution is -2.48. The molecule has 0 saturated carbocycles. The zero-order valence-electron chi connectivity index (χ0n) is 25.5. The summed E-state index contributed by atoms with van der Waals surface area (Å²) in [5.74, 6) is -0.359. The van der Waals surface area contributed by atoms with Gasteiger partial charge in [-0.3, -0.25) is 14.3 Å². The fraction of sp³-hybridized carbons (Fsp3) is 0.485. The van der Waals surface area contributed by atoms with Crippen LogP contribution in [0.2, 0.25) is 0 Å². The molecular weight excluding hydrogens is 571 g/mol. The number of benzene rings is 2. The number of aromatic nitrogens is 2. The summed E-state index contributed by atoms with van der Waals surface area (Å²) in [6.07, 6.45) is -2.25. The third-order valence-corrected chi connectivity index (χ3v) is 8.13. The van der Waals surface area contributed by atoms with Crippen LogP contribution in [0.5, 0.6) is 0 Å². The van der Waals surface area contributed by atoms with Crippen LogP contribution in [0.15, 0.2) is 60.7 Å². The third kappa shape index (κ3) is 8.47. The molecule has 44 heavy (non-hydrogen) atoms. The van der Waals surface area contributed by atoms with Crippen LogP contribution in [0.3, 0.4) is 0 Å². The van der Waals surface area contributed by atoms with Crippen molar-refractivity contribution in [3.63, 3.8) is 0 Å². The maximum absolute atomic E-state index is 13.6. The van der Waals surface area contributed by atoms with Gasteiger partial charge in [-0.15, -0.1) is 0 Å². The van der Waals surface area contributed by atoms with E-state index in [-0.39, 0.29) is 30.7 Å². The van der Waals surface area contributed by atoms with E-state index in [0.717, 1.165) is 37.0 Å². The largest absolute Gasteiger partial charge is 0.416 e. The number of nitrogens with zero attached hydrogens (tertiary/aromatic N) is 3. The first kappa shape index (κ1) is 33.2. The quantitative estimate of drug-likeness (QED) is 0.265. The van der Waals surface area contributed by atoms with Gasteiger partial charge in [-0.25, -0.2) is 0 Å². The highest BCUT2D eigenvalue weighted by Crippen LogP contribution is 2.29. The number of aryl methyl sites for hydroxylation is 1. The van der Waals surface area contributed by atoms with E-state index in [1.807, 2.05) is 42.2 Å². The first-order chi connectivity index (χ1) is 21.0. The fourth-order valence-corrected chi connectivity index (χ4v) is 5.75. The van der Waals surface area contributed by atoms with E-state index in [1.54, 1.807) is 10.7 Å². The maximum Gasteiger partial charge on any atom is 0.416 e. The van der Waals surface area contributed by atoms with E-state index >= 15 is 0 Å². The van der Waals surface area contributed by atoms with E-state index in [9.17, 15) is 27.9 Å². The van der Waals surface area contributed by atoms with Gasteiger partial charge in [0, 0.05) is 38.3 Å². The van der Waals surface area contributed by atoms with Gasteiger partial charge < -0.3 is 20.6 Å². The van der Waals surface area contributed by atoms with Crippen molar-refractivity contribution >= 4 is 11.8 Å². The van der Waals surface area contributed by atoms with Crippen molar-refractivity contribution in [2.75, 3.05) is 13.1 Å². The minimum atomic E-state index is -4.44. The zero-order valence-corrected chi connectivity index (χ0v) is 25.5. The Kier molecular flexibility index (Phi) is 11.2. The van der Waals surface area contributed by atoms with Crippen molar-refractivity contribution in [1.29, 1.82) is 0 Å². The van der Waals surface area contributed by atoms with Gasteiger partial charge >= 0.3 is 6.18 Å². The van der Waals surface area contributed by atoms with Gasteiger partial charge in [-0.05, 0) is 55.7 Å². The summed E-state index contributed by atoms with van der Waals surface area (Å²) in [5.41, 5.74) is 1.00. The minimum absolute atomic E-state index is 0.0205. The molecule has 1 aliphatic heterocycles. The number of amides is 2. The predicted molar refractivity (Wildman–Crippen MR) is 162 cm³/mol. The van der Waals surface area contributed by atoms with Crippen molar-refractivity contribution in [3.05, 3.63) is 88.7 Å². The SMILES string of the molecule is CCn1nc(C(=O)N[C@@H](Cc2ccccc2)[C@H](O)CNCc2cccc(C(F)(F)F)c2)cc1C(=O)N1CCCCC1C(C)C. The van der Waals surface area contributed by atoms with Crippen LogP contribution in [-0.4, -0.2) is 62.9 Å². The second-order valence-corrected chi connectivity index (χ2v) is 11.7. The van der Waals surface area contributed by atoms with Crippen LogP contribution in [0, 0.1) is 5.92 Å². The molecule has 2 aromatic carbocycles. The van der Waals surface area contributed by atoms with Crippen LogP contribution >= 0.6 is 0 Å². The second kappa shape index (κ2) is 14.9. The Morgan fingerprint density at radius 1 is 1.05 bits per heavy atom. The number of aliphatic hydroxyl groups excluding tert-OH is 1. The Labute approximate surface area is 256 Å². The van der Waals surface area contributed by atoms with Gasteiger partial charge in [0.05, 0.1) is 17.7 Å². The summed E-state index contributed by atoms with van der Waals surface area (Å²) in [7, 11) is 0. The van der Waals surface area contributed by atoms with Crippen LogP contribution < -0.4 is 10.6 Å². The monoisotopic (exact) mass is 613 g/mol. The van der Waals surface area contributed by atoms with E-state index in [4.69, 9.17) is 0 Å². The number of carbonyl (C=O) groups excluding carboxylic acids is 2. The van der Waals surface area contributed by atoms with Crippen molar-refractivity contribution in [2.24, 2.45) is 5.92 Å². The Hall–Kier alpha value is -3.70. The molecule has 2 heterocycles. The summed E-state index contributed by atoms with van der Waals surface area (Å²) in [6.45, 7) is 7.28. The Morgan fingerprint density at radius 3 is 2.45 bits per heavy atom. The summed E-state index contributed by atoms with van der Waals surface area (Å²) in [6, 6.07) is 15.3. The number of hydrogen-bond donors (Lipinski definition) is 3. The summed E-state index contributed by atoms with van der Waals surface area (Å²) < 4.78 is 40.8. The molecule has 0 aliphatic carbocycles. The van der Waals surface area contributed by atoms with Crippen molar-refractivity contribution in [3.8, 4) is 0 Å². The number of halogens is 3. The first-order valence-electron chi connectivity index (χ1n) is 15.3. The van der Waals surface area contributed by atoms with E-state index in [1.165, 1.54) is 12.1 Å². The van der Waals surface area contributed by atoms with Crippen LogP contribution in [0.4, 0.5) is 13.2 Å². The number of aliphatic hydroxyl groups is 1. The smallest absolute Gasteiger partial charge is 0.390 e. The van der Waals surface area contributed by atoms with Crippen LogP contribution in [0.25, 0.3) is 0 Å². The Bertz CT molecular complexity index is 1390. The molecule has 238 valence electrons. The minimum Gasteiger partial charge on any atom is -0.390 e. The van der Waals surface area contributed by atoms with E-state index in [2.05, 4.69) is 29.6 Å².